The van der Waals surface area contributed by atoms with Crippen molar-refractivity contribution in [3.8, 4) is 0 Å². The van der Waals surface area contributed by atoms with Crippen molar-refractivity contribution in [3.05, 3.63) is 52.3 Å². The van der Waals surface area contributed by atoms with Gasteiger partial charge in [0.2, 0.25) is 10.0 Å². The number of aromatic nitrogens is 1. The van der Waals surface area contributed by atoms with E-state index in [1.165, 1.54) is 18.3 Å². The molecule has 0 atom stereocenters. The molecule has 0 bridgehead atoms. The molecule has 1 amide bonds. The van der Waals surface area contributed by atoms with Gasteiger partial charge >= 0.3 is 0 Å². The molecule has 0 saturated heterocycles. The Morgan fingerprint density at radius 3 is 2.62 bits per heavy atom. The average molecular weight is 370 g/mol. The highest BCUT2D eigenvalue weighted by molar-refractivity contribution is 9.10. The highest BCUT2D eigenvalue weighted by atomic mass is 79.9. The van der Waals surface area contributed by atoms with E-state index in [1.54, 1.807) is 25.1 Å². The summed E-state index contributed by atoms with van der Waals surface area (Å²) < 4.78 is 23.3. The number of hydrogen-bond acceptors (Lipinski definition) is 4. The zero-order chi connectivity index (χ0) is 15.6. The molecule has 8 heteroatoms. The fourth-order valence-electron chi connectivity index (χ4n) is 1.75. The number of carbonyl (C=O) groups is 1. The van der Waals surface area contributed by atoms with Crippen molar-refractivity contribution < 1.29 is 13.2 Å². The monoisotopic (exact) mass is 369 g/mol. The van der Waals surface area contributed by atoms with Gasteiger partial charge in [-0.3, -0.25) is 9.78 Å². The van der Waals surface area contributed by atoms with Crippen molar-refractivity contribution in [1.82, 2.24) is 4.98 Å². The number of rotatable bonds is 3. The van der Waals surface area contributed by atoms with Crippen LogP contribution in [-0.4, -0.2) is 19.3 Å². The van der Waals surface area contributed by atoms with E-state index in [4.69, 9.17) is 5.14 Å². The predicted molar refractivity (Wildman–Crippen MR) is 82.4 cm³/mol. The van der Waals surface area contributed by atoms with Gasteiger partial charge in [-0.15, -0.1) is 0 Å². The topological polar surface area (TPSA) is 102 Å². The lowest BCUT2D eigenvalue weighted by molar-refractivity contribution is 0.102. The van der Waals surface area contributed by atoms with Crippen LogP contribution in [0.15, 0.2) is 45.9 Å². The second kappa shape index (κ2) is 5.92. The molecule has 110 valence electrons. The lowest BCUT2D eigenvalue weighted by atomic mass is 10.2. The number of nitrogens with zero attached hydrogens (tertiary/aromatic N) is 1. The molecule has 0 saturated carbocycles. The van der Waals surface area contributed by atoms with Crippen LogP contribution in [0.4, 0.5) is 5.69 Å². The molecule has 0 aliphatic carbocycles. The number of pyridine rings is 1. The van der Waals surface area contributed by atoms with Gasteiger partial charge in [0.15, 0.2) is 0 Å². The third kappa shape index (κ3) is 3.66. The maximum absolute atomic E-state index is 12.0. The summed E-state index contributed by atoms with van der Waals surface area (Å²) >= 11 is 3.22. The summed E-state index contributed by atoms with van der Waals surface area (Å²) in [4.78, 5) is 16.0. The van der Waals surface area contributed by atoms with Crippen LogP contribution in [0.2, 0.25) is 0 Å². The molecule has 0 unspecified atom stereocenters. The molecule has 1 aromatic carbocycles. The molecule has 0 spiro atoms. The van der Waals surface area contributed by atoms with E-state index in [1.807, 2.05) is 0 Å². The van der Waals surface area contributed by atoms with Crippen molar-refractivity contribution in [2.24, 2.45) is 5.14 Å². The minimum absolute atomic E-state index is 0.00482. The molecule has 0 fully saturated rings. The van der Waals surface area contributed by atoms with Crippen molar-refractivity contribution >= 4 is 37.5 Å². The third-order valence-corrected chi connectivity index (χ3v) is 4.43. The summed E-state index contributed by atoms with van der Waals surface area (Å²) in [6.45, 7) is 1.60. The van der Waals surface area contributed by atoms with Gasteiger partial charge in [0.05, 0.1) is 10.6 Å². The summed E-state index contributed by atoms with van der Waals surface area (Å²) in [6.07, 6.45) is 1.51. The molecule has 2 rings (SSSR count). The second-order valence-electron chi connectivity index (χ2n) is 4.31. The van der Waals surface area contributed by atoms with Crippen molar-refractivity contribution in [2.75, 3.05) is 5.32 Å². The Kier molecular flexibility index (Phi) is 4.40. The maximum Gasteiger partial charge on any atom is 0.274 e. The van der Waals surface area contributed by atoms with Crippen molar-refractivity contribution in [2.45, 2.75) is 11.8 Å². The number of amides is 1. The van der Waals surface area contributed by atoms with Gasteiger partial charge in [0.25, 0.3) is 5.91 Å². The third-order valence-electron chi connectivity index (χ3n) is 2.72. The first-order valence-corrected chi connectivity index (χ1v) is 8.18. The Bertz CT molecular complexity index is 792. The maximum atomic E-state index is 12.0. The Morgan fingerprint density at radius 2 is 2.05 bits per heavy atom. The van der Waals surface area contributed by atoms with Gasteiger partial charge in [0.1, 0.15) is 5.69 Å². The Morgan fingerprint density at radius 1 is 1.33 bits per heavy atom. The number of nitrogens with two attached hydrogens (primary N) is 1. The molecule has 0 aliphatic heterocycles. The van der Waals surface area contributed by atoms with Crippen LogP contribution >= 0.6 is 15.9 Å². The first-order chi connectivity index (χ1) is 9.79. The molecule has 2 aromatic rings. The molecule has 3 N–H and O–H groups in total. The summed E-state index contributed by atoms with van der Waals surface area (Å²) in [5.41, 5.74) is 1.14. The number of carbonyl (C=O) groups excluding carboxylic acids is 1. The van der Waals surface area contributed by atoms with Crippen molar-refractivity contribution in [3.63, 3.8) is 0 Å². The van der Waals surface area contributed by atoms with E-state index in [-0.39, 0.29) is 16.5 Å². The van der Waals surface area contributed by atoms with Gasteiger partial charge in [-0.1, -0.05) is 6.07 Å². The fraction of sp³-hybridized carbons (Fsp3) is 0.0769. The Hall–Kier alpha value is -1.77. The van der Waals surface area contributed by atoms with E-state index in [0.717, 1.165) is 0 Å². The molecular formula is C13H12BrN3O3S. The van der Waals surface area contributed by atoms with Crippen LogP contribution in [-0.2, 0) is 10.0 Å². The minimum atomic E-state index is -3.81. The van der Waals surface area contributed by atoms with Gasteiger partial charge in [-0.05, 0) is 52.7 Å². The number of hydrogen-bond donors (Lipinski definition) is 2. The fourth-order valence-corrected chi connectivity index (χ4v) is 3.13. The lowest BCUT2D eigenvalue weighted by Gasteiger charge is -2.11. The second-order valence-corrected chi connectivity index (χ2v) is 6.70. The van der Waals surface area contributed by atoms with Crippen LogP contribution in [0, 0.1) is 6.92 Å². The molecule has 6 nitrogen and oxygen atoms in total. The SMILES string of the molecule is Cc1cc(NC(=O)c2ccccn2)c(Br)cc1S(N)(=O)=O. The van der Waals surface area contributed by atoms with Crippen LogP contribution in [0.3, 0.4) is 0 Å². The number of benzene rings is 1. The quantitative estimate of drug-likeness (QED) is 0.863. The summed E-state index contributed by atoms with van der Waals surface area (Å²) in [5.74, 6) is -0.390. The van der Waals surface area contributed by atoms with Crippen LogP contribution < -0.4 is 10.5 Å². The van der Waals surface area contributed by atoms with Gasteiger partial charge < -0.3 is 5.32 Å². The largest absolute Gasteiger partial charge is 0.320 e. The predicted octanol–water partition coefficient (Wildman–Crippen LogP) is 2.05. The molecule has 1 heterocycles. The first-order valence-electron chi connectivity index (χ1n) is 5.84. The Labute approximate surface area is 130 Å². The average Bonchev–Trinajstić information content (AvgIpc) is 2.42. The van der Waals surface area contributed by atoms with Crippen LogP contribution in [0.25, 0.3) is 0 Å². The van der Waals surface area contributed by atoms with Gasteiger partial charge in [-0.2, -0.15) is 0 Å². The molecule has 1 aromatic heterocycles. The first kappa shape index (κ1) is 15.6. The molecular weight excluding hydrogens is 358 g/mol. The normalized spacial score (nSPS) is 11.2. The van der Waals surface area contributed by atoms with Crippen LogP contribution in [0.1, 0.15) is 16.1 Å². The van der Waals surface area contributed by atoms with Gasteiger partial charge in [-0.25, -0.2) is 13.6 Å². The van der Waals surface area contributed by atoms with E-state index < -0.39 is 10.0 Å². The lowest BCUT2D eigenvalue weighted by Crippen LogP contribution is -2.16. The standard InChI is InChI=1S/C13H12BrN3O3S/c1-8-6-11(9(14)7-12(8)21(15,19)20)17-13(18)10-4-2-3-5-16-10/h2-7H,1H3,(H,17,18)(H2,15,19,20). The number of anilines is 1. The minimum Gasteiger partial charge on any atom is -0.320 e. The number of halogens is 1. The van der Waals surface area contributed by atoms with Gasteiger partial charge in [0, 0.05) is 10.7 Å². The van der Waals surface area contributed by atoms with E-state index in [9.17, 15) is 13.2 Å². The zero-order valence-corrected chi connectivity index (χ0v) is 13.4. The number of nitrogens with one attached hydrogen (secondary N) is 1. The highest BCUT2D eigenvalue weighted by Gasteiger charge is 2.16. The number of aryl methyl sites for hydroxylation is 1. The highest BCUT2D eigenvalue weighted by Crippen LogP contribution is 2.28. The van der Waals surface area contributed by atoms with E-state index >= 15 is 0 Å². The van der Waals surface area contributed by atoms with E-state index in [2.05, 4.69) is 26.2 Å². The van der Waals surface area contributed by atoms with Crippen LogP contribution in [0.5, 0.6) is 0 Å². The summed E-state index contributed by atoms with van der Waals surface area (Å²) in [6, 6.07) is 7.88. The van der Waals surface area contributed by atoms with E-state index in [0.29, 0.717) is 15.7 Å². The zero-order valence-electron chi connectivity index (χ0n) is 11.0. The van der Waals surface area contributed by atoms with Crippen molar-refractivity contribution in [1.29, 1.82) is 0 Å². The Balaban J connectivity index is 2.34. The smallest absolute Gasteiger partial charge is 0.274 e. The number of sulfonamides is 1. The molecule has 0 aliphatic rings. The summed E-state index contributed by atoms with van der Waals surface area (Å²) in [5, 5.41) is 7.78. The summed E-state index contributed by atoms with van der Waals surface area (Å²) in [7, 11) is -3.81. The number of primary sulfonamides is 1. The molecule has 21 heavy (non-hydrogen) atoms. The molecule has 0 radical (unpaired) electrons.